The maximum atomic E-state index is 12.0. The molecule has 1 aromatic rings. The van der Waals surface area contributed by atoms with Crippen molar-refractivity contribution >= 4 is 17.5 Å². The van der Waals surface area contributed by atoms with Crippen LogP contribution in [0.1, 0.15) is 51.4 Å². The molecule has 0 aliphatic carbocycles. The Morgan fingerprint density at radius 3 is 2.35 bits per heavy atom. The Balaban J connectivity index is 2.72. The van der Waals surface area contributed by atoms with Crippen LogP contribution in [0.25, 0.3) is 0 Å². The van der Waals surface area contributed by atoms with Crippen LogP contribution in [0.4, 0.5) is 0 Å². The van der Waals surface area contributed by atoms with Crippen molar-refractivity contribution in [3.63, 3.8) is 0 Å². The van der Waals surface area contributed by atoms with Gasteiger partial charge in [-0.1, -0.05) is 20.8 Å². The number of carbonyl (C=O) groups is 1. The van der Waals surface area contributed by atoms with Crippen LogP contribution in [0, 0.1) is 5.41 Å². The molecule has 0 spiro atoms. The van der Waals surface area contributed by atoms with Crippen molar-refractivity contribution in [2.45, 2.75) is 46.6 Å². The third-order valence-corrected chi connectivity index (χ3v) is 2.58. The Labute approximate surface area is 108 Å². The quantitative estimate of drug-likeness (QED) is 0.893. The summed E-state index contributed by atoms with van der Waals surface area (Å²) >= 11 is 5.77. The molecule has 0 unspecified atom stereocenters. The lowest BCUT2D eigenvalue weighted by molar-refractivity contribution is 0.0891. The molecular weight excluding hydrogens is 238 g/mol. The fourth-order valence-electron chi connectivity index (χ4n) is 2.20. The molecule has 0 aromatic carbocycles. The minimum atomic E-state index is -0.282. The highest BCUT2D eigenvalue weighted by Gasteiger charge is 2.28. The minimum Gasteiger partial charge on any atom is -0.452 e. The van der Waals surface area contributed by atoms with Crippen molar-refractivity contribution in [2.75, 3.05) is 0 Å². The van der Waals surface area contributed by atoms with Gasteiger partial charge in [-0.25, -0.2) is 0 Å². The average Bonchev–Trinajstić information content (AvgIpc) is 2.44. The molecule has 3 nitrogen and oxygen atoms in total. The highest BCUT2D eigenvalue weighted by atomic mass is 35.5. The molecule has 1 heterocycles. The van der Waals surface area contributed by atoms with Gasteiger partial charge >= 0.3 is 0 Å². The number of halogens is 1. The Bertz CT molecular complexity index is 402. The summed E-state index contributed by atoms with van der Waals surface area (Å²) in [5, 5.41) is 3.11. The number of nitrogens with one attached hydrogen (secondary N) is 1. The van der Waals surface area contributed by atoms with E-state index in [9.17, 15) is 4.79 Å². The number of amides is 1. The molecule has 0 bridgehead atoms. The van der Waals surface area contributed by atoms with Crippen LogP contribution in [0.3, 0.4) is 0 Å². The largest absolute Gasteiger partial charge is 0.452 e. The number of carbonyl (C=O) groups excluding carboxylic acids is 1. The van der Waals surface area contributed by atoms with Gasteiger partial charge in [0.1, 0.15) is 0 Å². The van der Waals surface area contributed by atoms with Crippen molar-refractivity contribution in [3.8, 4) is 0 Å². The first-order valence-electron chi connectivity index (χ1n) is 5.66. The summed E-state index contributed by atoms with van der Waals surface area (Å²) in [6, 6.07) is 1.57. The van der Waals surface area contributed by atoms with Crippen LogP contribution in [0.2, 0.25) is 5.22 Å². The van der Waals surface area contributed by atoms with Crippen LogP contribution >= 0.6 is 11.6 Å². The Kier molecular flexibility index (Phi) is 3.92. The van der Waals surface area contributed by atoms with E-state index in [0.29, 0.717) is 5.56 Å². The SMILES string of the molecule is CC(C)(C)CC(C)(C)NC(=O)c1ccoc1Cl. The fraction of sp³-hybridized carbons (Fsp3) is 0.615. The maximum absolute atomic E-state index is 12.0. The predicted octanol–water partition coefficient (Wildman–Crippen LogP) is 3.88. The van der Waals surface area contributed by atoms with Crippen molar-refractivity contribution in [1.82, 2.24) is 5.32 Å². The maximum Gasteiger partial charge on any atom is 0.256 e. The first-order chi connectivity index (χ1) is 7.61. The highest BCUT2D eigenvalue weighted by molar-refractivity contribution is 6.32. The zero-order chi connectivity index (χ0) is 13.3. The third kappa shape index (κ3) is 4.43. The van der Waals surface area contributed by atoms with Crippen LogP contribution in [0.15, 0.2) is 16.7 Å². The molecule has 4 heteroatoms. The molecule has 17 heavy (non-hydrogen) atoms. The topological polar surface area (TPSA) is 42.2 Å². The molecule has 96 valence electrons. The molecule has 0 saturated carbocycles. The minimum absolute atomic E-state index is 0.133. The second kappa shape index (κ2) is 4.73. The lowest BCUT2D eigenvalue weighted by Gasteiger charge is -2.33. The molecule has 0 aliphatic rings. The second-order valence-electron chi connectivity index (χ2n) is 6.18. The van der Waals surface area contributed by atoms with E-state index in [0.717, 1.165) is 6.42 Å². The number of hydrogen-bond donors (Lipinski definition) is 1. The molecule has 0 atom stereocenters. The average molecular weight is 258 g/mol. The predicted molar refractivity (Wildman–Crippen MR) is 69.3 cm³/mol. The number of rotatable bonds is 3. The van der Waals surface area contributed by atoms with E-state index < -0.39 is 0 Å². The molecule has 0 aliphatic heterocycles. The summed E-state index contributed by atoms with van der Waals surface area (Å²) in [6.45, 7) is 10.4. The van der Waals surface area contributed by atoms with Gasteiger partial charge in [-0.2, -0.15) is 0 Å². The summed E-state index contributed by atoms with van der Waals surface area (Å²) < 4.78 is 4.91. The number of hydrogen-bond acceptors (Lipinski definition) is 2. The summed E-state index contributed by atoms with van der Waals surface area (Å²) in [5.74, 6) is -0.196. The van der Waals surface area contributed by atoms with Gasteiger partial charge in [0.05, 0.1) is 11.8 Å². The van der Waals surface area contributed by atoms with Gasteiger partial charge in [-0.3, -0.25) is 4.79 Å². The molecular formula is C13H20ClNO2. The van der Waals surface area contributed by atoms with Crippen LogP contribution in [-0.2, 0) is 0 Å². The van der Waals surface area contributed by atoms with Gasteiger partial charge < -0.3 is 9.73 Å². The highest BCUT2D eigenvalue weighted by Crippen LogP contribution is 2.27. The Hall–Kier alpha value is -0.960. The van der Waals surface area contributed by atoms with E-state index in [4.69, 9.17) is 16.0 Å². The van der Waals surface area contributed by atoms with E-state index in [1.165, 1.54) is 6.26 Å². The van der Waals surface area contributed by atoms with E-state index in [2.05, 4.69) is 26.1 Å². The Morgan fingerprint density at radius 1 is 1.35 bits per heavy atom. The zero-order valence-electron chi connectivity index (χ0n) is 11.1. The number of furan rings is 1. The second-order valence-corrected chi connectivity index (χ2v) is 6.53. The third-order valence-electron chi connectivity index (χ3n) is 2.29. The molecule has 0 saturated heterocycles. The van der Waals surface area contributed by atoms with Crippen molar-refractivity contribution in [1.29, 1.82) is 0 Å². The van der Waals surface area contributed by atoms with E-state index in [1.54, 1.807) is 6.07 Å². The van der Waals surface area contributed by atoms with Crippen LogP contribution in [0.5, 0.6) is 0 Å². The van der Waals surface area contributed by atoms with Gasteiger partial charge in [-0.05, 0) is 43.4 Å². The monoisotopic (exact) mass is 257 g/mol. The molecule has 1 aromatic heterocycles. The first kappa shape index (κ1) is 14.1. The Morgan fingerprint density at radius 2 is 1.94 bits per heavy atom. The normalized spacial score (nSPS) is 12.6. The molecule has 0 fully saturated rings. The summed E-state index contributed by atoms with van der Waals surface area (Å²) in [6.07, 6.45) is 2.29. The summed E-state index contributed by atoms with van der Waals surface area (Å²) in [5.41, 5.74) is 0.251. The van der Waals surface area contributed by atoms with Crippen molar-refractivity contribution in [3.05, 3.63) is 23.1 Å². The standard InChI is InChI=1S/C13H20ClNO2/c1-12(2,3)8-13(4,5)15-11(16)9-6-7-17-10(9)14/h6-7H,8H2,1-5H3,(H,15,16). The van der Waals surface area contributed by atoms with Crippen LogP contribution < -0.4 is 5.32 Å². The molecule has 1 amide bonds. The molecule has 1 rings (SSSR count). The van der Waals surface area contributed by atoms with Gasteiger partial charge in [0.2, 0.25) is 5.22 Å². The molecule has 0 radical (unpaired) electrons. The lowest BCUT2D eigenvalue weighted by Crippen LogP contribution is -2.45. The van der Waals surface area contributed by atoms with Gasteiger partial charge in [0.15, 0.2) is 0 Å². The van der Waals surface area contributed by atoms with Crippen LogP contribution in [-0.4, -0.2) is 11.4 Å². The van der Waals surface area contributed by atoms with Gasteiger partial charge in [0.25, 0.3) is 5.91 Å². The first-order valence-corrected chi connectivity index (χ1v) is 6.04. The van der Waals surface area contributed by atoms with Gasteiger partial charge in [-0.15, -0.1) is 0 Å². The van der Waals surface area contributed by atoms with E-state index in [-0.39, 0.29) is 22.1 Å². The van der Waals surface area contributed by atoms with Crippen molar-refractivity contribution < 1.29 is 9.21 Å². The fourth-order valence-corrected chi connectivity index (χ4v) is 2.40. The zero-order valence-corrected chi connectivity index (χ0v) is 11.8. The lowest BCUT2D eigenvalue weighted by atomic mass is 9.81. The smallest absolute Gasteiger partial charge is 0.256 e. The molecule has 1 N–H and O–H groups in total. The summed E-state index contributed by atoms with van der Waals surface area (Å²) in [4.78, 5) is 12.0. The van der Waals surface area contributed by atoms with E-state index >= 15 is 0 Å². The van der Waals surface area contributed by atoms with Gasteiger partial charge in [0, 0.05) is 5.54 Å². The van der Waals surface area contributed by atoms with E-state index in [1.807, 2.05) is 13.8 Å². The summed E-state index contributed by atoms with van der Waals surface area (Å²) in [7, 11) is 0. The van der Waals surface area contributed by atoms with Crippen molar-refractivity contribution in [2.24, 2.45) is 5.41 Å².